The maximum atomic E-state index is 3.68. The third-order valence-electron chi connectivity index (χ3n) is 4.47. The van der Waals surface area contributed by atoms with E-state index in [0.29, 0.717) is 12.0 Å². The van der Waals surface area contributed by atoms with Gasteiger partial charge in [-0.15, -0.1) is 0 Å². The fourth-order valence-electron chi connectivity index (χ4n) is 3.10. The van der Waals surface area contributed by atoms with Crippen molar-refractivity contribution in [2.24, 2.45) is 5.92 Å². The molecule has 0 bridgehead atoms. The fraction of sp³-hybridized carbons (Fsp3) is 0.667. The van der Waals surface area contributed by atoms with Gasteiger partial charge in [-0.25, -0.2) is 0 Å². The van der Waals surface area contributed by atoms with Crippen molar-refractivity contribution in [1.82, 2.24) is 5.32 Å². The molecule has 0 amide bonds. The van der Waals surface area contributed by atoms with E-state index in [1.165, 1.54) is 24.8 Å². The van der Waals surface area contributed by atoms with Crippen LogP contribution in [-0.4, -0.2) is 12.6 Å². The molecule has 0 aromatic heterocycles. The third-order valence-corrected chi connectivity index (χ3v) is 4.47. The summed E-state index contributed by atoms with van der Waals surface area (Å²) in [5.41, 5.74) is 1.76. The Morgan fingerprint density at radius 1 is 1.05 bits per heavy atom. The standard InChI is InChI=1S/C18H31N/c1-6-11-16(5)18(7-2,14-19-15(3)4)17-12-9-8-10-13-17/h8-10,12-13,15-16,19H,6-7,11,14H2,1-5H3. The molecule has 0 spiro atoms. The maximum Gasteiger partial charge on any atom is 0.0101 e. The van der Waals surface area contributed by atoms with E-state index in [1.807, 2.05) is 0 Å². The quantitative estimate of drug-likeness (QED) is 0.711. The van der Waals surface area contributed by atoms with E-state index in [9.17, 15) is 0 Å². The molecule has 0 saturated heterocycles. The molecule has 1 heteroatoms. The third kappa shape index (κ3) is 4.07. The number of rotatable bonds is 8. The van der Waals surface area contributed by atoms with Crippen molar-refractivity contribution in [2.75, 3.05) is 6.54 Å². The molecule has 0 saturated carbocycles. The van der Waals surface area contributed by atoms with Crippen LogP contribution in [0.15, 0.2) is 30.3 Å². The van der Waals surface area contributed by atoms with Gasteiger partial charge in [0.05, 0.1) is 0 Å². The second kappa shape index (κ2) is 7.69. The van der Waals surface area contributed by atoms with Crippen LogP contribution in [0.1, 0.15) is 59.4 Å². The molecule has 1 aromatic carbocycles. The summed E-state index contributed by atoms with van der Waals surface area (Å²) in [7, 11) is 0. The number of benzene rings is 1. The topological polar surface area (TPSA) is 12.0 Å². The van der Waals surface area contributed by atoms with E-state index in [2.05, 4.69) is 70.3 Å². The van der Waals surface area contributed by atoms with Gasteiger partial charge in [0.25, 0.3) is 0 Å². The van der Waals surface area contributed by atoms with E-state index < -0.39 is 0 Å². The van der Waals surface area contributed by atoms with Crippen LogP contribution >= 0.6 is 0 Å². The second-order valence-electron chi connectivity index (χ2n) is 6.10. The Labute approximate surface area is 119 Å². The summed E-state index contributed by atoms with van der Waals surface area (Å²) in [5, 5.41) is 3.68. The van der Waals surface area contributed by atoms with E-state index >= 15 is 0 Å². The second-order valence-corrected chi connectivity index (χ2v) is 6.10. The highest BCUT2D eigenvalue weighted by molar-refractivity contribution is 5.27. The van der Waals surface area contributed by atoms with Crippen molar-refractivity contribution in [2.45, 2.75) is 65.3 Å². The summed E-state index contributed by atoms with van der Waals surface area (Å²) in [5.74, 6) is 0.705. The van der Waals surface area contributed by atoms with Crippen LogP contribution in [0.5, 0.6) is 0 Å². The zero-order valence-corrected chi connectivity index (χ0v) is 13.4. The fourth-order valence-corrected chi connectivity index (χ4v) is 3.10. The van der Waals surface area contributed by atoms with Gasteiger partial charge in [0.2, 0.25) is 0 Å². The first kappa shape index (κ1) is 16.2. The summed E-state index contributed by atoms with van der Waals surface area (Å²) in [4.78, 5) is 0. The molecule has 0 heterocycles. The monoisotopic (exact) mass is 261 g/mol. The average Bonchev–Trinajstić information content (AvgIpc) is 2.41. The minimum absolute atomic E-state index is 0.265. The molecule has 108 valence electrons. The molecular formula is C18H31N. The summed E-state index contributed by atoms with van der Waals surface area (Å²) in [6, 6.07) is 11.6. The van der Waals surface area contributed by atoms with E-state index in [-0.39, 0.29) is 5.41 Å². The van der Waals surface area contributed by atoms with Crippen LogP contribution in [0, 0.1) is 5.92 Å². The smallest absolute Gasteiger partial charge is 0.0101 e. The Bertz CT molecular complexity index is 344. The van der Waals surface area contributed by atoms with Gasteiger partial charge in [-0.2, -0.15) is 0 Å². The van der Waals surface area contributed by atoms with E-state index in [4.69, 9.17) is 0 Å². The molecule has 1 aromatic rings. The number of hydrogen-bond donors (Lipinski definition) is 1. The van der Waals surface area contributed by atoms with Gasteiger partial charge < -0.3 is 5.32 Å². The molecule has 19 heavy (non-hydrogen) atoms. The Morgan fingerprint density at radius 3 is 2.16 bits per heavy atom. The van der Waals surface area contributed by atoms with Gasteiger partial charge in [-0.1, -0.05) is 77.8 Å². The van der Waals surface area contributed by atoms with Gasteiger partial charge >= 0.3 is 0 Å². The lowest BCUT2D eigenvalue weighted by atomic mass is 9.67. The number of hydrogen-bond acceptors (Lipinski definition) is 1. The molecule has 0 aliphatic carbocycles. The van der Waals surface area contributed by atoms with Gasteiger partial charge in [0.1, 0.15) is 0 Å². The summed E-state index contributed by atoms with van der Waals surface area (Å²) in [6.45, 7) is 12.6. The molecule has 0 aliphatic heterocycles. The molecule has 2 unspecified atom stereocenters. The largest absolute Gasteiger partial charge is 0.314 e. The average molecular weight is 261 g/mol. The molecule has 1 rings (SSSR count). The molecule has 1 nitrogen and oxygen atoms in total. The van der Waals surface area contributed by atoms with E-state index in [0.717, 1.165) is 6.54 Å². The molecular weight excluding hydrogens is 230 g/mol. The first-order chi connectivity index (χ1) is 9.06. The SMILES string of the molecule is CCCC(C)C(CC)(CNC(C)C)c1ccccc1. The van der Waals surface area contributed by atoms with Gasteiger partial charge in [0.15, 0.2) is 0 Å². The lowest BCUT2D eigenvalue weighted by molar-refractivity contribution is 0.242. The highest BCUT2D eigenvalue weighted by atomic mass is 14.9. The lowest BCUT2D eigenvalue weighted by Gasteiger charge is -2.40. The molecule has 0 aliphatic rings. The predicted molar refractivity (Wildman–Crippen MR) is 85.6 cm³/mol. The van der Waals surface area contributed by atoms with Crippen LogP contribution < -0.4 is 5.32 Å². The normalized spacial score (nSPS) is 16.3. The van der Waals surface area contributed by atoms with Gasteiger partial charge in [-0.05, 0) is 17.9 Å². The Morgan fingerprint density at radius 2 is 1.68 bits per heavy atom. The van der Waals surface area contributed by atoms with Crippen LogP contribution in [0.25, 0.3) is 0 Å². The predicted octanol–water partition coefficient (Wildman–Crippen LogP) is 4.77. The van der Waals surface area contributed by atoms with Crippen molar-refractivity contribution in [3.63, 3.8) is 0 Å². The zero-order chi connectivity index (χ0) is 14.3. The van der Waals surface area contributed by atoms with Crippen molar-refractivity contribution in [3.05, 3.63) is 35.9 Å². The van der Waals surface area contributed by atoms with Crippen molar-refractivity contribution in [3.8, 4) is 0 Å². The van der Waals surface area contributed by atoms with Gasteiger partial charge in [-0.3, -0.25) is 0 Å². The molecule has 0 radical (unpaired) electrons. The summed E-state index contributed by atoms with van der Waals surface area (Å²) in [6.07, 6.45) is 3.75. The molecule has 0 fully saturated rings. The van der Waals surface area contributed by atoms with Crippen molar-refractivity contribution >= 4 is 0 Å². The van der Waals surface area contributed by atoms with E-state index in [1.54, 1.807) is 0 Å². The van der Waals surface area contributed by atoms with Crippen LogP contribution in [0.4, 0.5) is 0 Å². The molecule has 2 atom stereocenters. The lowest BCUT2D eigenvalue weighted by Crippen LogP contribution is -2.45. The van der Waals surface area contributed by atoms with Crippen LogP contribution in [0.2, 0.25) is 0 Å². The first-order valence-corrected chi connectivity index (χ1v) is 7.85. The van der Waals surface area contributed by atoms with Crippen LogP contribution in [0.3, 0.4) is 0 Å². The summed E-state index contributed by atoms with van der Waals surface area (Å²) >= 11 is 0. The first-order valence-electron chi connectivity index (χ1n) is 7.85. The minimum atomic E-state index is 0.265. The van der Waals surface area contributed by atoms with Gasteiger partial charge in [0, 0.05) is 18.0 Å². The Hall–Kier alpha value is -0.820. The van der Waals surface area contributed by atoms with Crippen molar-refractivity contribution < 1.29 is 0 Å². The minimum Gasteiger partial charge on any atom is -0.314 e. The molecule has 1 N–H and O–H groups in total. The zero-order valence-electron chi connectivity index (χ0n) is 13.4. The Kier molecular flexibility index (Phi) is 6.57. The highest BCUT2D eigenvalue weighted by Gasteiger charge is 2.35. The highest BCUT2D eigenvalue weighted by Crippen LogP contribution is 2.37. The Balaban J connectivity index is 3.05. The maximum absolute atomic E-state index is 3.68. The summed E-state index contributed by atoms with van der Waals surface area (Å²) < 4.78 is 0. The van der Waals surface area contributed by atoms with Crippen molar-refractivity contribution in [1.29, 1.82) is 0 Å². The van der Waals surface area contributed by atoms with Crippen LogP contribution in [-0.2, 0) is 5.41 Å². The number of nitrogens with one attached hydrogen (secondary N) is 1.